The standard InChI is InChI=1S/C32H40N4O10/c1-19-28(31(39)43-4)30(29(20(2)34-19)32(40)44-5)26-16-23(36(41)42)10-13-27(26)45-15-7-6-14-33-17-24(38)18-46-25-11-8-22(9-12-25)35-21(3)37/h8-13,16,24,30,33-34,38H,6-7,14-15,17-18H2,1-5H3,(H,35,37). The fraction of sp³-hybridized carbons (Fsp3) is 0.406. The Labute approximate surface area is 266 Å². The highest BCUT2D eigenvalue weighted by atomic mass is 16.6. The van der Waals surface area contributed by atoms with Gasteiger partial charge < -0.3 is 40.0 Å². The van der Waals surface area contributed by atoms with E-state index >= 15 is 0 Å². The molecule has 1 atom stereocenters. The summed E-state index contributed by atoms with van der Waals surface area (Å²) in [5, 5.41) is 30.8. The van der Waals surface area contributed by atoms with Crippen LogP contribution in [-0.2, 0) is 23.9 Å². The monoisotopic (exact) mass is 640 g/mol. The Balaban J connectivity index is 1.60. The van der Waals surface area contributed by atoms with Gasteiger partial charge in [0.05, 0.1) is 42.8 Å². The Morgan fingerprint density at radius 2 is 1.61 bits per heavy atom. The van der Waals surface area contributed by atoms with Gasteiger partial charge in [0.15, 0.2) is 0 Å². The molecule has 2 aromatic carbocycles. The fourth-order valence-electron chi connectivity index (χ4n) is 4.96. The highest BCUT2D eigenvalue weighted by Gasteiger charge is 2.39. The second kappa shape index (κ2) is 16.9. The SMILES string of the molecule is COC(=O)C1=C(C)NC(C)=C(C(=O)OC)C1c1cc([N+](=O)[O-])ccc1OCCCCNCC(O)COc1ccc(NC(C)=O)cc1. The third kappa shape index (κ3) is 9.52. The van der Waals surface area contributed by atoms with E-state index in [-0.39, 0.29) is 47.3 Å². The molecule has 0 saturated carbocycles. The van der Waals surface area contributed by atoms with E-state index in [1.165, 1.54) is 39.3 Å². The zero-order valence-corrected chi connectivity index (χ0v) is 26.5. The molecule has 0 saturated heterocycles. The molecule has 4 N–H and O–H groups in total. The lowest BCUT2D eigenvalue weighted by atomic mass is 9.80. The summed E-state index contributed by atoms with van der Waals surface area (Å²) in [6.45, 7) is 5.93. The number of aliphatic hydroxyl groups excluding tert-OH is 1. The average Bonchev–Trinajstić information content (AvgIpc) is 3.02. The zero-order chi connectivity index (χ0) is 33.8. The summed E-state index contributed by atoms with van der Waals surface area (Å²) in [5.74, 6) is -1.80. The Bertz CT molecular complexity index is 1450. The number of nitro benzene ring substituents is 1. The van der Waals surface area contributed by atoms with E-state index in [2.05, 4.69) is 16.0 Å². The van der Waals surface area contributed by atoms with Gasteiger partial charge in [-0.1, -0.05) is 0 Å². The molecule has 248 valence electrons. The van der Waals surface area contributed by atoms with Crippen LogP contribution in [0.1, 0.15) is 45.1 Å². The van der Waals surface area contributed by atoms with E-state index in [0.717, 1.165) is 0 Å². The predicted octanol–water partition coefficient (Wildman–Crippen LogP) is 3.32. The number of hydrogen-bond acceptors (Lipinski definition) is 12. The van der Waals surface area contributed by atoms with Crippen molar-refractivity contribution < 1.29 is 43.4 Å². The molecule has 0 spiro atoms. The van der Waals surface area contributed by atoms with Crippen molar-refractivity contribution in [1.82, 2.24) is 10.6 Å². The first-order valence-corrected chi connectivity index (χ1v) is 14.6. The Morgan fingerprint density at radius 3 is 2.17 bits per heavy atom. The number of anilines is 1. The lowest BCUT2D eigenvalue weighted by Crippen LogP contribution is -2.32. The number of aliphatic hydroxyl groups is 1. The van der Waals surface area contributed by atoms with Crippen LogP contribution in [0.5, 0.6) is 11.5 Å². The van der Waals surface area contributed by atoms with Gasteiger partial charge in [0.2, 0.25) is 5.91 Å². The number of unbranched alkanes of at least 4 members (excludes halogenated alkanes) is 1. The second-order valence-electron chi connectivity index (χ2n) is 10.5. The number of benzene rings is 2. The number of allylic oxidation sites excluding steroid dienone is 2. The first kappa shape index (κ1) is 35.5. The molecule has 0 radical (unpaired) electrons. The van der Waals surface area contributed by atoms with Crippen LogP contribution in [0.4, 0.5) is 11.4 Å². The number of nitrogens with zero attached hydrogens (tertiary/aromatic N) is 1. The number of rotatable bonds is 16. The van der Waals surface area contributed by atoms with E-state index in [0.29, 0.717) is 48.8 Å². The van der Waals surface area contributed by atoms with Crippen molar-refractivity contribution in [2.45, 2.75) is 45.6 Å². The van der Waals surface area contributed by atoms with Crippen LogP contribution in [-0.4, -0.2) is 74.5 Å². The van der Waals surface area contributed by atoms with Crippen LogP contribution < -0.4 is 25.4 Å². The van der Waals surface area contributed by atoms with Crippen LogP contribution >= 0.6 is 0 Å². The maximum absolute atomic E-state index is 12.9. The molecule has 2 aromatic rings. The van der Waals surface area contributed by atoms with E-state index in [1.807, 2.05) is 0 Å². The van der Waals surface area contributed by atoms with Gasteiger partial charge in [-0.15, -0.1) is 0 Å². The largest absolute Gasteiger partial charge is 0.493 e. The summed E-state index contributed by atoms with van der Waals surface area (Å²) in [6, 6.07) is 10.9. The summed E-state index contributed by atoms with van der Waals surface area (Å²) >= 11 is 0. The Morgan fingerprint density at radius 1 is 0.978 bits per heavy atom. The van der Waals surface area contributed by atoms with Crippen molar-refractivity contribution >= 4 is 29.2 Å². The van der Waals surface area contributed by atoms with E-state index in [4.69, 9.17) is 18.9 Å². The molecule has 1 unspecified atom stereocenters. The lowest BCUT2D eigenvalue weighted by molar-refractivity contribution is -0.384. The quantitative estimate of drug-likeness (QED) is 0.0909. The molecular weight excluding hydrogens is 600 g/mol. The number of hydrogen-bond donors (Lipinski definition) is 4. The minimum absolute atomic E-state index is 0.0815. The molecule has 1 heterocycles. The van der Waals surface area contributed by atoms with Gasteiger partial charge in [-0.3, -0.25) is 14.9 Å². The molecule has 0 aliphatic carbocycles. The number of esters is 2. The highest BCUT2D eigenvalue weighted by Crippen LogP contribution is 2.44. The van der Waals surface area contributed by atoms with Gasteiger partial charge in [-0.25, -0.2) is 9.59 Å². The maximum atomic E-state index is 12.9. The molecule has 1 aliphatic rings. The van der Waals surface area contributed by atoms with Gasteiger partial charge >= 0.3 is 11.9 Å². The van der Waals surface area contributed by atoms with Crippen LogP contribution in [0.3, 0.4) is 0 Å². The van der Waals surface area contributed by atoms with E-state index < -0.39 is 28.9 Å². The van der Waals surface area contributed by atoms with Crippen molar-refractivity contribution in [3.8, 4) is 11.5 Å². The topological polar surface area (TPSA) is 188 Å². The summed E-state index contributed by atoms with van der Waals surface area (Å²) in [7, 11) is 2.42. The molecule has 46 heavy (non-hydrogen) atoms. The number of nitro groups is 1. The van der Waals surface area contributed by atoms with Gasteiger partial charge in [0.1, 0.15) is 24.2 Å². The fourth-order valence-corrected chi connectivity index (χ4v) is 4.96. The smallest absolute Gasteiger partial charge is 0.336 e. The normalized spacial score (nSPS) is 13.9. The Kier molecular flexibility index (Phi) is 13.1. The molecule has 1 aliphatic heterocycles. The van der Waals surface area contributed by atoms with Crippen molar-refractivity contribution in [3.05, 3.63) is 80.7 Å². The number of amides is 1. The predicted molar refractivity (Wildman–Crippen MR) is 168 cm³/mol. The number of nitrogens with one attached hydrogen (secondary N) is 3. The molecule has 0 fully saturated rings. The number of ether oxygens (including phenoxy) is 4. The molecule has 0 bridgehead atoms. The average molecular weight is 641 g/mol. The lowest BCUT2D eigenvalue weighted by Gasteiger charge is -2.30. The minimum atomic E-state index is -1.04. The third-order valence-electron chi connectivity index (χ3n) is 7.09. The van der Waals surface area contributed by atoms with Crippen molar-refractivity contribution in [2.24, 2.45) is 0 Å². The van der Waals surface area contributed by atoms with Gasteiger partial charge in [0.25, 0.3) is 5.69 Å². The highest BCUT2D eigenvalue weighted by molar-refractivity contribution is 6.00. The first-order valence-electron chi connectivity index (χ1n) is 14.6. The summed E-state index contributed by atoms with van der Waals surface area (Å²) < 4.78 is 21.6. The maximum Gasteiger partial charge on any atom is 0.336 e. The molecule has 14 nitrogen and oxygen atoms in total. The van der Waals surface area contributed by atoms with Crippen molar-refractivity contribution in [2.75, 3.05) is 45.8 Å². The third-order valence-corrected chi connectivity index (χ3v) is 7.09. The number of dihydropyridines is 1. The molecule has 1 amide bonds. The van der Waals surface area contributed by atoms with E-state index in [1.54, 1.807) is 38.1 Å². The van der Waals surface area contributed by atoms with Crippen LogP contribution in [0.15, 0.2) is 65.0 Å². The van der Waals surface area contributed by atoms with Gasteiger partial charge in [-0.2, -0.15) is 0 Å². The number of non-ortho nitro benzene ring substituents is 1. The number of carbonyl (C=O) groups excluding carboxylic acids is 3. The van der Waals surface area contributed by atoms with Crippen LogP contribution in [0.2, 0.25) is 0 Å². The molecule has 3 rings (SSSR count). The molecule has 14 heteroatoms. The van der Waals surface area contributed by atoms with Crippen LogP contribution in [0.25, 0.3) is 0 Å². The van der Waals surface area contributed by atoms with Gasteiger partial charge in [0, 0.05) is 48.2 Å². The summed E-state index contributed by atoms with van der Waals surface area (Å²) in [5.41, 5.74) is 1.73. The minimum Gasteiger partial charge on any atom is -0.493 e. The summed E-state index contributed by atoms with van der Waals surface area (Å²) in [6.07, 6.45) is 0.535. The van der Waals surface area contributed by atoms with E-state index in [9.17, 15) is 29.6 Å². The molecular formula is C32H40N4O10. The van der Waals surface area contributed by atoms with Crippen molar-refractivity contribution in [3.63, 3.8) is 0 Å². The second-order valence-corrected chi connectivity index (χ2v) is 10.5. The first-order chi connectivity index (χ1) is 22.0. The number of carbonyl (C=O) groups is 3. The van der Waals surface area contributed by atoms with Crippen LogP contribution in [0, 0.1) is 10.1 Å². The molecule has 0 aromatic heterocycles. The van der Waals surface area contributed by atoms with Gasteiger partial charge in [-0.05, 0) is 63.6 Å². The summed E-state index contributed by atoms with van der Waals surface area (Å²) in [4.78, 5) is 48.1. The van der Waals surface area contributed by atoms with Crippen molar-refractivity contribution in [1.29, 1.82) is 0 Å². The zero-order valence-electron chi connectivity index (χ0n) is 26.5. The number of methoxy groups -OCH3 is 2. The Hall–Kier alpha value is -4.95.